The fourth-order valence-electron chi connectivity index (χ4n) is 5.12. The average Bonchev–Trinajstić information content (AvgIpc) is 3.12. The standard InChI is InChI=1S/C18H22N4O2S/c19-25(23,24)21-10-18(11-21)7-5-13(6-8-18)17-15-4-2-1-3-14(15)16-9-20-12-22(16)17/h1-4,9,12-13,17H,5-8,10-11H2,(H2,19,23,24). The second-order valence-electron chi connectivity index (χ2n) is 7.87. The summed E-state index contributed by atoms with van der Waals surface area (Å²) < 4.78 is 26.6. The van der Waals surface area contributed by atoms with Crippen LogP contribution in [-0.2, 0) is 10.2 Å². The molecule has 3 heterocycles. The molecule has 132 valence electrons. The first-order valence-corrected chi connectivity index (χ1v) is 10.4. The summed E-state index contributed by atoms with van der Waals surface area (Å²) in [6.07, 6.45) is 8.30. The maximum atomic E-state index is 11.5. The van der Waals surface area contributed by atoms with Crippen LogP contribution in [0.25, 0.3) is 11.3 Å². The van der Waals surface area contributed by atoms with Gasteiger partial charge in [0.15, 0.2) is 0 Å². The average molecular weight is 358 g/mol. The van der Waals surface area contributed by atoms with Gasteiger partial charge in [0.05, 0.1) is 24.3 Å². The summed E-state index contributed by atoms with van der Waals surface area (Å²) in [6, 6.07) is 8.99. The van der Waals surface area contributed by atoms with Crippen molar-refractivity contribution in [3.8, 4) is 11.3 Å². The van der Waals surface area contributed by atoms with Crippen LogP contribution in [0.15, 0.2) is 36.8 Å². The van der Waals surface area contributed by atoms with E-state index >= 15 is 0 Å². The Kier molecular flexibility index (Phi) is 3.21. The molecule has 1 saturated heterocycles. The Balaban J connectivity index is 1.36. The molecule has 1 aromatic carbocycles. The third-order valence-electron chi connectivity index (χ3n) is 6.44. The molecule has 0 bridgehead atoms. The summed E-state index contributed by atoms with van der Waals surface area (Å²) in [7, 11) is -3.52. The van der Waals surface area contributed by atoms with Crippen molar-refractivity contribution >= 4 is 10.2 Å². The van der Waals surface area contributed by atoms with Gasteiger partial charge in [0.2, 0.25) is 0 Å². The fraction of sp³-hybridized carbons (Fsp3) is 0.500. The number of rotatable bonds is 2. The number of nitrogens with zero attached hydrogens (tertiary/aromatic N) is 3. The van der Waals surface area contributed by atoms with E-state index < -0.39 is 10.2 Å². The Morgan fingerprint density at radius 1 is 1.16 bits per heavy atom. The molecule has 2 fully saturated rings. The monoisotopic (exact) mass is 358 g/mol. The summed E-state index contributed by atoms with van der Waals surface area (Å²) in [5.74, 6) is 0.575. The molecule has 6 nitrogen and oxygen atoms in total. The molecule has 1 atom stereocenters. The van der Waals surface area contributed by atoms with Gasteiger partial charge in [-0.05, 0) is 42.6 Å². The van der Waals surface area contributed by atoms with Crippen molar-refractivity contribution in [3.05, 3.63) is 42.4 Å². The van der Waals surface area contributed by atoms with Gasteiger partial charge >= 0.3 is 0 Å². The van der Waals surface area contributed by atoms with E-state index in [1.54, 1.807) is 0 Å². The van der Waals surface area contributed by atoms with Crippen LogP contribution in [0.4, 0.5) is 0 Å². The second kappa shape index (κ2) is 5.16. The van der Waals surface area contributed by atoms with Crippen LogP contribution >= 0.6 is 0 Å². The Labute approximate surface area is 147 Å². The van der Waals surface area contributed by atoms with Gasteiger partial charge in [0, 0.05) is 18.7 Å². The quantitative estimate of drug-likeness (QED) is 0.893. The Hall–Kier alpha value is -1.70. The number of aromatic nitrogens is 2. The Morgan fingerprint density at radius 3 is 2.60 bits per heavy atom. The molecule has 1 aromatic heterocycles. The Bertz CT molecular complexity index is 920. The molecular formula is C18H22N4O2S. The first-order valence-electron chi connectivity index (χ1n) is 8.86. The Morgan fingerprint density at radius 2 is 1.88 bits per heavy atom. The number of hydrogen-bond donors (Lipinski definition) is 1. The lowest BCUT2D eigenvalue weighted by atomic mass is 9.65. The predicted octanol–water partition coefficient (Wildman–Crippen LogP) is 2.15. The lowest BCUT2D eigenvalue weighted by Crippen LogP contribution is -2.61. The molecule has 25 heavy (non-hydrogen) atoms. The van der Waals surface area contributed by atoms with Crippen molar-refractivity contribution in [1.82, 2.24) is 13.9 Å². The highest BCUT2D eigenvalue weighted by Crippen LogP contribution is 2.52. The van der Waals surface area contributed by atoms with E-state index in [0.29, 0.717) is 25.0 Å². The molecule has 0 radical (unpaired) electrons. The van der Waals surface area contributed by atoms with Crippen molar-refractivity contribution in [2.75, 3.05) is 13.1 Å². The molecule has 7 heteroatoms. The van der Waals surface area contributed by atoms with Crippen LogP contribution in [0.1, 0.15) is 37.3 Å². The largest absolute Gasteiger partial charge is 0.323 e. The van der Waals surface area contributed by atoms with Crippen LogP contribution in [0.2, 0.25) is 0 Å². The maximum Gasteiger partial charge on any atom is 0.276 e. The SMILES string of the molecule is NS(=O)(=O)N1CC2(CCC(C3c4ccccc4-c4cncn43)CC2)C1. The topological polar surface area (TPSA) is 81.2 Å². The van der Waals surface area contributed by atoms with Gasteiger partial charge in [-0.25, -0.2) is 10.1 Å². The molecule has 2 aliphatic heterocycles. The zero-order chi connectivity index (χ0) is 17.2. The minimum atomic E-state index is -3.52. The van der Waals surface area contributed by atoms with Crippen molar-refractivity contribution in [2.24, 2.45) is 16.5 Å². The number of fused-ring (bicyclic) bond motifs is 3. The van der Waals surface area contributed by atoms with Crippen molar-refractivity contribution in [3.63, 3.8) is 0 Å². The number of benzene rings is 1. The van der Waals surface area contributed by atoms with Gasteiger partial charge < -0.3 is 4.57 Å². The van der Waals surface area contributed by atoms with E-state index in [1.165, 1.54) is 21.1 Å². The summed E-state index contributed by atoms with van der Waals surface area (Å²) in [5.41, 5.74) is 4.07. The van der Waals surface area contributed by atoms with E-state index in [-0.39, 0.29) is 5.41 Å². The molecule has 1 unspecified atom stereocenters. The van der Waals surface area contributed by atoms with E-state index in [0.717, 1.165) is 25.7 Å². The van der Waals surface area contributed by atoms with Gasteiger partial charge in [0.1, 0.15) is 0 Å². The van der Waals surface area contributed by atoms with Crippen LogP contribution in [0, 0.1) is 11.3 Å². The molecule has 0 amide bonds. The summed E-state index contributed by atoms with van der Waals surface area (Å²) in [6.45, 7) is 1.19. The van der Waals surface area contributed by atoms with Gasteiger partial charge in [0.25, 0.3) is 10.2 Å². The molecule has 3 aliphatic rings. The van der Waals surface area contributed by atoms with Crippen molar-refractivity contribution < 1.29 is 8.42 Å². The van der Waals surface area contributed by atoms with E-state index in [2.05, 4.69) is 33.8 Å². The minimum absolute atomic E-state index is 0.152. The van der Waals surface area contributed by atoms with Crippen molar-refractivity contribution in [1.29, 1.82) is 0 Å². The first-order chi connectivity index (χ1) is 12.0. The highest BCUT2D eigenvalue weighted by molar-refractivity contribution is 7.86. The van der Waals surface area contributed by atoms with Gasteiger partial charge in [-0.3, -0.25) is 0 Å². The molecule has 1 saturated carbocycles. The molecule has 5 rings (SSSR count). The molecular weight excluding hydrogens is 336 g/mol. The first kappa shape index (κ1) is 15.5. The van der Waals surface area contributed by atoms with Crippen molar-refractivity contribution in [2.45, 2.75) is 31.7 Å². The predicted molar refractivity (Wildman–Crippen MR) is 94.9 cm³/mol. The molecule has 2 N–H and O–H groups in total. The van der Waals surface area contributed by atoms with Gasteiger partial charge in [-0.1, -0.05) is 24.3 Å². The number of imidazole rings is 1. The second-order valence-corrected chi connectivity index (χ2v) is 9.42. The lowest BCUT2D eigenvalue weighted by Gasteiger charge is -2.52. The normalized spacial score (nSPS) is 25.6. The highest BCUT2D eigenvalue weighted by atomic mass is 32.2. The third-order valence-corrected chi connectivity index (χ3v) is 7.42. The highest BCUT2D eigenvalue weighted by Gasteiger charge is 2.50. The van der Waals surface area contributed by atoms with Gasteiger partial charge in [-0.15, -0.1) is 0 Å². The third kappa shape index (κ3) is 2.29. The zero-order valence-electron chi connectivity index (χ0n) is 14.0. The van der Waals surface area contributed by atoms with Gasteiger partial charge in [-0.2, -0.15) is 12.7 Å². The molecule has 1 aliphatic carbocycles. The van der Waals surface area contributed by atoms with Crippen LogP contribution < -0.4 is 5.14 Å². The molecule has 1 spiro atoms. The number of nitrogens with two attached hydrogens (primary N) is 1. The minimum Gasteiger partial charge on any atom is -0.323 e. The zero-order valence-corrected chi connectivity index (χ0v) is 14.8. The maximum absolute atomic E-state index is 11.5. The lowest BCUT2D eigenvalue weighted by molar-refractivity contribution is 0.00983. The summed E-state index contributed by atoms with van der Waals surface area (Å²) >= 11 is 0. The van der Waals surface area contributed by atoms with E-state index in [1.807, 2.05) is 12.5 Å². The van der Waals surface area contributed by atoms with Crippen LogP contribution in [-0.4, -0.2) is 35.4 Å². The fourth-order valence-corrected chi connectivity index (χ4v) is 6.03. The van der Waals surface area contributed by atoms with Crippen LogP contribution in [0.5, 0.6) is 0 Å². The van der Waals surface area contributed by atoms with E-state index in [9.17, 15) is 8.42 Å². The van der Waals surface area contributed by atoms with Crippen LogP contribution in [0.3, 0.4) is 0 Å². The smallest absolute Gasteiger partial charge is 0.276 e. The summed E-state index contributed by atoms with van der Waals surface area (Å²) in [4.78, 5) is 4.36. The summed E-state index contributed by atoms with van der Waals surface area (Å²) in [5, 5.41) is 5.24. The number of hydrogen-bond acceptors (Lipinski definition) is 3. The van der Waals surface area contributed by atoms with E-state index in [4.69, 9.17) is 5.14 Å². The molecule has 2 aromatic rings.